The van der Waals surface area contributed by atoms with Gasteiger partial charge in [0.05, 0.1) is 10.9 Å². The third-order valence-corrected chi connectivity index (χ3v) is 7.12. The monoisotopic (exact) mass is 435 g/mol. The Labute approximate surface area is 183 Å². The smallest absolute Gasteiger partial charge is 0.262 e. The molecule has 1 fully saturated rings. The summed E-state index contributed by atoms with van der Waals surface area (Å²) in [5.74, 6) is -0.0599. The van der Waals surface area contributed by atoms with Gasteiger partial charge in [-0.1, -0.05) is 18.2 Å². The summed E-state index contributed by atoms with van der Waals surface area (Å²) in [6.07, 6.45) is 5.38. The maximum Gasteiger partial charge on any atom is 0.262 e. The number of aryl methyl sites for hydroxylation is 2. The van der Waals surface area contributed by atoms with Crippen molar-refractivity contribution in [1.82, 2.24) is 9.88 Å². The van der Waals surface area contributed by atoms with Gasteiger partial charge in [0.25, 0.3) is 15.9 Å². The van der Waals surface area contributed by atoms with Gasteiger partial charge in [-0.05, 0) is 79.8 Å². The van der Waals surface area contributed by atoms with E-state index < -0.39 is 10.0 Å². The molecule has 0 radical (unpaired) electrons. The molecule has 160 valence electrons. The molecule has 0 aliphatic carbocycles. The van der Waals surface area contributed by atoms with Gasteiger partial charge in [-0.15, -0.1) is 0 Å². The minimum atomic E-state index is -3.71. The predicted octanol–water partition coefficient (Wildman–Crippen LogP) is 4.48. The molecule has 1 atom stereocenters. The van der Waals surface area contributed by atoms with Crippen LogP contribution in [-0.4, -0.2) is 30.8 Å². The Bertz CT molecular complexity index is 1190. The molecule has 3 aromatic rings. The van der Waals surface area contributed by atoms with E-state index in [9.17, 15) is 13.2 Å². The van der Waals surface area contributed by atoms with Crippen LogP contribution >= 0.6 is 0 Å². The van der Waals surface area contributed by atoms with Crippen molar-refractivity contribution < 1.29 is 13.2 Å². The van der Waals surface area contributed by atoms with Crippen LogP contribution in [0.4, 0.5) is 5.69 Å². The number of carbonyl (C=O) groups is 1. The Morgan fingerprint density at radius 3 is 2.58 bits per heavy atom. The van der Waals surface area contributed by atoms with Gasteiger partial charge in [-0.3, -0.25) is 14.5 Å². The molecule has 0 unspecified atom stereocenters. The van der Waals surface area contributed by atoms with E-state index in [1.807, 2.05) is 30.0 Å². The van der Waals surface area contributed by atoms with E-state index in [2.05, 4.69) is 9.71 Å². The van der Waals surface area contributed by atoms with Crippen LogP contribution in [0.5, 0.6) is 0 Å². The van der Waals surface area contributed by atoms with Crippen LogP contribution in [0.3, 0.4) is 0 Å². The maximum absolute atomic E-state index is 13.1. The van der Waals surface area contributed by atoms with E-state index >= 15 is 0 Å². The van der Waals surface area contributed by atoms with Crippen LogP contribution in [0, 0.1) is 13.8 Å². The highest BCUT2D eigenvalue weighted by atomic mass is 32.2. The van der Waals surface area contributed by atoms with Gasteiger partial charge in [0.1, 0.15) is 0 Å². The van der Waals surface area contributed by atoms with E-state index in [0.717, 1.165) is 24.0 Å². The zero-order valence-corrected chi connectivity index (χ0v) is 18.4. The van der Waals surface area contributed by atoms with Gasteiger partial charge in [-0.2, -0.15) is 0 Å². The molecule has 1 saturated heterocycles. The van der Waals surface area contributed by atoms with Crippen LogP contribution in [0.25, 0.3) is 0 Å². The molecule has 6 nitrogen and oxygen atoms in total. The van der Waals surface area contributed by atoms with E-state index in [-0.39, 0.29) is 16.8 Å². The van der Waals surface area contributed by atoms with Gasteiger partial charge in [0, 0.05) is 30.2 Å². The summed E-state index contributed by atoms with van der Waals surface area (Å²) in [4.78, 5) is 19.4. The molecule has 7 heteroatoms. The highest BCUT2D eigenvalue weighted by molar-refractivity contribution is 7.92. The van der Waals surface area contributed by atoms with Crippen molar-refractivity contribution >= 4 is 21.6 Å². The number of sulfonamides is 1. The van der Waals surface area contributed by atoms with Gasteiger partial charge in [0.2, 0.25) is 0 Å². The van der Waals surface area contributed by atoms with Crippen molar-refractivity contribution in [2.45, 2.75) is 37.6 Å². The van der Waals surface area contributed by atoms with Crippen LogP contribution in [0.15, 0.2) is 71.9 Å². The number of rotatable bonds is 5. The number of aromatic nitrogens is 1. The summed E-state index contributed by atoms with van der Waals surface area (Å²) < 4.78 is 28.2. The van der Waals surface area contributed by atoms with Gasteiger partial charge in [-0.25, -0.2) is 8.42 Å². The molecule has 1 aliphatic heterocycles. The average Bonchev–Trinajstić information content (AvgIpc) is 3.26. The molecule has 1 aliphatic rings. The lowest BCUT2D eigenvalue weighted by Crippen LogP contribution is -2.30. The first-order valence-corrected chi connectivity index (χ1v) is 11.7. The Morgan fingerprint density at radius 1 is 1.10 bits per heavy atom. The number of likely N-dealkylation sites (tertiary alicyclic amines) is 1. The van der Waals surface area contributed by atoms with E-state index in [1.165, 1.54) is 0 Å². The van der Waals surface area contributed by atoms with Gasteiger partial charge < -0.3 is 4.90 Å². The van der Waals surface area contributed by atoms with Crippen molar-refractivity contribution in [2.24, 2.45) is 0 Å². The topological polar surface area (TPSA) is 79.4 Å². The lowest BCUT2D eigenvalue weighted by Gasteiger charge is -2.25. The minimum absolute atomic E-state index is 0.0173. The van der Waals surface area contributed by atoms with Crippen molar-refractivity contribution in [3.8, 4) is 0 Å². The Hall–Kier alpha value is -3.19. The number of benzene rings is 2. The summed E-state index contributed by atoms with van der Waals surface area (Å²) in [6, 6.07) is 15.8. The number of nitrogens with one attached hydrogen (secondary N) is 1. The molecule has 0 bridgehead atoms. The second-order valence-corrected chi connectivity index (χ2v) is 9.55. The van der Waals surface area contributed by atoms with Crippen molar-refractivity contribution in [3.63, 3.8) is 0 Å². The second kappa shape index (κ2) is 8.51. The normalized spacial score (nSPS) is 16.3. The molecule has 1 amide bonds. The number of anilines is 1. The van der Waals surface area contributed by atoms with E-state index in [1.54, 1.807) is 55.7 Å². The molecule has 1 N–H and O–H groups in total. The molecule has 2 heterocycles. The van der Waals surface area contributed by atoms with Crippen molar-refractivity contribution in [3.05, 3.63) is 89.2 Å². The van der Waals surface area contributed by atoms with Crippen LogP contribution in [0.2, 0.25) is 0 Å². The summed E-state index contributed by atoms with van der Waals surface area (Å²) in [5.41, 5.74) is 3.54. The van der Waals surface area contributed by atoms with Gasteiger partial charge in [0.15, 0.2) is 0 Å². The second-order valence-electron chi connectivity index (χ2n) is 7.89. The Balaban J connectivity index is 1.51. The van der Waals surface area contributed by atoms with Crippen molar-refractivity contribution in [2.75, 3.05) is 11.3 Å². The third kappa shape index (κ3) is 4.46. The Kier molecular flexibility index (Phi) is 5.78. The quantitative estimate of drug-likeness (QED) is 0.641. The third-order valence-electron chi connectivity index (χ3n) is 5.60. The first-order chi connectivity index (χ1) is 14.8. The highest BCUT2D eigenvalue weighted by Gasteiger charge is 2.30. The predicted molar refractivity (Wildman–Crippen MR) is 120 cm³/mol. The fraction of sp³-hybridized carbons (Fsp3) is 0.250. The van der Waals surface area contributed by atoms with E-state index in [4.69, 9.17) is 0 Å². The first-order valence-electron chi connectivity index (χ1n) is 10.3. The molecule has 2 aromatic carbocycles. The zero-order valence-electron chi connectivity index (χ0n) is 17.6. The summed E-state index contributed by atoms with van der Waals surface area (Å²) >= 11 is 0. The standard InChI is InChI=1S/C24H25N3O3S/c1-17-7-8-18(2)23(15-17)31(29,30)26-21-11-9-19(10-12-21)24(28)27-14-4-6-22(27)20-5-3-13-25-16-20/h3,5,7-13,15-16,22,26H,4,6,14H2,1-2H3/t22-/m0/s1. The summed E-state index contributed by atoms with van der Waals surface area (Å²) in [7, 11) is -3.71. The molecule has 0 saturated carbocycles. The van der Waals surface area contributed by atoms with Crippen LogP contribution in [0.1, 0.15) is 45.9 Å². The highest BCUT2D eigenvalue weighted by Crippen LogP contribution is 2.33. The fourth-order valence-electron chi connectivity index (χ4n) is 3.98. The number of carbonyl (C=O) groups excluding carboxylic acids is 1. The number of hydrogen-bond acceptors (Lipinski definition) is 4. The van der Waals surface area contributed by atoms with Gasteiger partial charge >= 0.3 is 0 Å². The summed E-state index contributed by atoms with van der Waals surface area (Å²) in [5, 5.41) is 0. The summed E-state index contributed by atoms with van der Waals surface area (Å²) in [6.45, 7) is 4.32. The molecule has 1 aromatic heterocycles. The average molecular weight is 436 g/mol. The van der Waals surface area contributed by atoms with Crippen molar-refractivity contribution in [1.29, 1.82) is 0 Å². The van der Waals surface area contributed by atoms with Crippen LogP contribution in [-0.2, 0) is 10.0 Å². The van der Waals surface area contributed by atoms with E-state index in [0.29, 0.717) is 23.4 Å². The molecule has 0 spiro atoms. The number of amides is 1. The number of pyridine rings is 1. The SMILES string of the molecule is Cc1ccc(C)c(S(=O)(=O)Nc2ccc(C(=O)N3CCC[C@H]3c3cccnc3)cc2)c1. The first kappa shape index (κ1) is 21.1. The molecule has 4 rings (SSSR count). The lowest BCUT2D eigenvalue weighted by molar-refractivity contribution is 0.0735. The Morgan fingerprint density at radius 2 is 1.87 bits per heavy atom. The molecular formula is C24H25N3O3S. The number of nitrogens with zero attached hydrogens (tertiary/aromatic N) is 2. The van der Waals surface area contributed by atoms with Crippen LogP contribution < -0.4 is 4.72 Å². The largest absolute Gasteiger partial charge is 0.332 e. The lowest BCUT2D eigenvalue weighted by atomic mass is 10.1. The zero-order chi connectivity index (χ0) is 22.0. The molecular weight excluding hydrogens is 410 g/mol. The number of hydrogen-bond donors (Lipinski definition) is 1. The molecule has 31 heavy (non-hydrogen) atoms. The fourth-order valence-corrected chi connectivity index (χ4v) is 5.37. The maximum atomic E-state index is 13.1. The minimum Gasteiger partial charge on any atom is -0.332 e.